The Morgan fingerprint density at radius 2 is 2.26 bits per heavy atom. The molecular weight excluding hydrogens is 238 g/mol. The van der Waals surface area contributed by atoms with Crippen LogP contribution in [0.4, 0.5) is 0 Å². The molecule has 0 aliphatic rings. The van der Waals surface area contributed by atoms with Crippen LogP contribution in [0.15, 0.2) is 36.8 Å². The molecule has 0 radical (unpaired) electrons. The molecule has 0 saturated heterocycles. The molecule has 0 bridgehead atoms. The number of aryl methyl sites for hydroxylation is 1. The molecule has 2 N–H and O–H groups in total. The molecule has 2 aromatic heterocycles. The summed E-state index contributed by atoms with van der Waals surface area (Å²) in [4.78, 5) is 3.23. The summed E-state index contributed by atoms with van der Waals surface area (Å²) in [5.74, 6) is 1.01. The van der Waals surface area contributed by atoms with Crippen LogP contribution in [-0.4, -0.2) is 26.3 Å². The van der Waals surface area contributed by atoms with Gasteiger partial charge >= 0.3 is 0 Å². The van der Waals surface area contributed by atoms with Gasteiger partial charge in [-0.05, 0) is 17.7 Å². The number of H-pyrrole nitrogens is 1. The third-order valence-electron chi connectivity index (χ3n) is 3.33. The van der Waals surface area contributed by atoms with Crippen molar-refractivity contribution in [2.24, 2.45) is 7.05 Å². The third kappa shape index (κ3) is 2.51. The van der Waals surface area contributed by atoms with E-state index in [4.69, 9.17) is 0 Å². The topological polar surface area (TPSA) is 58.5 Å². The first kappa shape index (κ1) is 11.9. The number of hydrogen-bond acceptors (Lipinski definition) is 3. The average molecular weight is 255 g/mol. The van der Waals surface area contributed by atoms with Crippen LogP contribution in [0.25, 0.3) is 10.9 Å². The van der Waals surface area contributed by atoms with E-state index in [1.165, 1.54) is 16.5 Å². The normalized spacial score (nSPS) is 11.2. The number of benzene rings is 1. The van der Waals surface area contributed by atoms with Gasteiger partial charge in [-0.2, -0.15) is 0 Å². The van der Waals surface area contributed by atoms with E-state index in [1.54, 1.807) is 6.33 Å². The number of aromatic nitrogens is 4. The zero-order valence-corrected chi connectivity index (χ0v) is 10.9. The molecule has 1 aromatic carbocycles. The molecule has 98 valence electrons. The van der Waals surface area contributed by atoms with Crippen molar-refractivity contribution < 1.29 is 0 Å². The summed E-state index contributed by atoms with van der Waals surface area (Å²) in [6.45, 7) is 1.76. The molecule has 0 saturated carbocycles. The summed E-state index contributed by atoms with van der Waals surface area (Å²) in [7, 11) is 1.97. The molecule has 0 atom stereocenters. The quantitative estimate of drug-likeness (QED) is 0.681. The number of nitrogens with zero attached hydrogens (tertiary/aromatic N) is 3. The molecule has 0 aliphatic carbocycles. The second-order valence-electron chi connectivity index (χ2n) is 4.64. The Hall–Kier alpha value is -2.14. The molecule has 19 heavy (non-hydrogen) atoms. The number of rotatable bonds is 5. The van der Waals surface area contributed by atoms with Crippen LogP contribution in [-0.2, 0) is 20.0 Å². The Kier molecular flexibility index (Phi) is 3.29. The van der Waals surface area contributed by atoms with Crippen molar-refractivity contribution in [2.45, 2.75) is 13.0 Å². The highest BCUT2D eigenvalue weighted by molar-refractivity contribution is 5.82. The molecule has 0 aliphatic heterocycles. The van der Waals surface area contributed by atoms with Crippen LogP contribution >= 0.6 is 0 Å². The average Bonchev–Trinajstić information content (AvgIpc) is 3.04. The highest BCUT2D eigenvalue weighted by atomic mass is 15.2. The van der Waals surface area contributed by atoms with Gasteiger partial charge in [0.25, 0.3) is 0 Å². The smallest absolute Gasteiger partial charge is 0.133 e. The number of fused-ring (bicyclic) bond motifs is 1. The van der Waals surface area contributed by atoms with Gasteiger partial charge in [-0.25, -0.2) is 0 Å². The molecular formula is C14H17N5. The highest BCUT2D eigenvalue weighted by Crippen LogP contribution is 2.16. The monoisotopic (exact) mass is 255 g/mol. The van der Waals surface area contributed by atoms with Gasteiger partial charge in [0.2, 0.25) is 0 Å². The fourth-order valence-corrected chi connectivity index (χ4v) is 2.26. The van der Waals surface area contributed by atoms with Crippen molar-refractivity contribution in [2.75, 3.05) is 6.54 Å². The number of aromatic amines is 1. The van der Waals surface area contributed by atoms with Crippen molar-refractivity contribution in [3.8, 4) is 0 Å². The second kappa shape index (κ2) is 5.24. The van der Waals surface area contributed by atoms with Crippen molar-refractivity contribution in [3.63, 3.8) is 0 Å². The predicted molar refractivity (Wildman–Crippen MR) is 74.7 cm³/mol. The summed E-state index contributed by atoms with van der Waals surface area (Å²) in [5.41, 5.74) is 2.50. The van der Waals surface area contributed by atoms with Gasteiger partial charge in [0.1, 0.15) is 12.2 Å². The minimum atomic E-state index is 0.868. The first-order valence-electron chi connectivity index (χ1n) is 6.43. The van der Waals surface area contributed by atoms with E-state index < -0.39 is 0 Å². The van der Waals surface area contributed by atoms with Crippen molar-refractivity contribution in [1.82, 2.24) is 25.1 Å². The number of nitrogens with one attached hydrogen (secondary N) is 2. The third-order valence-corrected chi connectivity index (χ3v) is 3.33. The standard InChI is InChI=1S/C14H17N5/c1-19-10-17-18-14(19)6-7-15-9-11-3-2-4-13-12(11)5-8-16-13/h2-5,8,10,15-16H,6-7,9H2,1H3. The van der Waals surface area contributed by atoms with Crippen LogP contribution in [0.5, 0.6) is 0 Å². The molecule has 3 aromatic rings. The number of hydrogen-bond donors (Lipinski definition) is 2. The lowest BCUT2D eigenvalue weighted by molar-refractivity contribution is 0.656. The Labute approximate surface area is 111 Å². The maximum Gasteiger partial charge on any atom is 0.133 e. The first-order valence-corrected chi connectivity index (χ1v) is 6.43. The summed E-state index contributed by atoms with van der Waals surface area (Å²) in [6.07, 6.45) is 4.60. The van der Waals surface area contributed by atoms with Crippen LogP contribution in [0.1, 0.15) is 11.4 Å². The predicted octanol–water partition coefficient (Wildman–Crippen LogP) is 1.63. The lowest BCUT2D eigenvalue weighted by Crippen LogP contribution is -2.18. The summed E-state index contributed by atoms with van der Waals surface area (Å²) < 4.78 is 1.95. The zero-order chi connectivity index (χ0) is 13.1. The van der Waals surface area contributed by atoms with Crippen LogP contribution < -0.4 is 5.32 Å². The van der Waals surface area contributed by atoms with E-state index in [9.17, 15) is 0 Å². The van der Waals surface area contributed by atoms with Gasteiger partial charge < -0.3 is 14.9 Å². The van der Waals surface area contributed by atoms with Crippen LogP contribution in [0.2, 0.25) is 0 Å². The molecule has 5 heteroatoms. The molecule has 5 nitrogen and oxygen atoms in total. The van der Waals surface area contributed by atoms with E-state index in [0.717, 1.165) is 25.3 Å². The maximum atomic E-state index is 4.07. The fraction of sp³-hybridized carbons (Fsp3) is 0.286. The van der Waals surface area contributed by atoms with Crippen molar-refractivity contribution in [3.05, 3.63) is 48.2 Å². The van der Waals surface area contributed by atoms with Crippen LogP contribution in [0, 0.1) is 0 Å². The molecule has 0 unspecified atom stereocenters. The van der Waals surface area contributed by atoms with E-state index in [0.29, 0.717) is 0 Å². The molecule has 0 fully saturated rings. The van der Waals surface area contributed by atoms with Gasteiger partial charge in [-0.15, -0.1) is 10.2 Å². The van der Waals surface area contributed by atoms with E-state index in [-0.39, 0.29) is 0 Å². The van der Waals surface area contributed by atoms with Gasteiger partial charge in [0.15, 0.2) is 0 Å². The molecule has 2 heterocycles. The lowest BCUT2D eigenvalue weighted by Gasteiger charge is -2.06. The minimum Gasteiger partial charge on any atom is -0.361 e. The van der Waals surface area contributed by atoms with Gasteiger partial charge in [0, 0.05) is 43.7 Å². The Morgan fingerprint density at radius 1 is 1.32 bits per heavy atom. The largest absolute Gasteiger partial charge is 0.361 e. The summed E-state index contributed by atoms with van der Waals surface area (Å²) in [5, 5.41) is 12.7. The minimum absolute atomic E-state index is 0.868. The van der Waals surface area contributed by atoms with E-state index in [1.807, 2.05) is 17.8 Å². The first-order chi connectivity index (χ1) is 9.34. The Morgan fingerprint density at radius 3 is 3.11 bits per heavy atom. The van der Waals surface area contributed by atoms with Crippen molar-refractivity contribution >= 4 is 10.9 Å². The summed E-state index contributed by atoms with van der Waals surface area (Å²) in [6, 6.07) is 8.46. The Balaban J connectivity index is 1.58. The lowest BCUT2D eigenvalue weighted by atomic mass is 10.1. The highest BCUT2D eigenvalue weighted by Gasteiger charge is 2.02. The zero-order valence-electron chi connectivity index (χ0n) is 10.9. The maximum absolute atomic E-state index is 4.07. The van der Waals surface area contributed by atoms with E-state index in [2.05, 4.69) is 44.8 Å². The molecule has 3 rings (SSSR count). The van der Waals surface area contributed by atoms with Crippen LogP contribution in [0.3, 0.4) is 0 Å². The molecule has 0 amide bonds. The van der Waals surface area contributed by atoms with Gasteiger partial charge in [-0.3, -0.25) is 0 Å². The fourth-order valence-electron chi connectivity index (χ4n) is 2.26. The Bertz CT molecular complexity index is 667. The van der Waals surface area contributed by atoms with E-state index >= 15 is 0 Å². The SMILES string of the molecule is Cn1cnnc1CCNCc1cccc2[nH]ccc12. The summed E-state index contributed by atoms with van der Waals surface area (Å²) >= 11 is 0. The molecule has 0 spiro atoms. The van der Waals surface area contributed by atoms with Gasteiger partial charge in [0.05, 0.1) is 0 Å². The van der Waals surface area contributed by atoms with Crippen molar-refractivity contribution in [1.29, 1.82) is 0 Å². The second-order valence-corrected chi connectivity index (χ2v) is 4.64. The van der Waals surface area contributed by atoms with Gasteiger partial charge in [-0.1, -0.05) is 12.1 Å².